The van der Waals surface area contributed by atoms with Crippen molar-refractivity contribution in [3.05, 3.63) is 47.4 Å². The molecule has 1 saturated heterocycles. The van der Waals surface area contributed by atoms with Gasteiger partial charge in [-0.2, -0.15) is 0 Å². The van der Waals surface area contributed by atoms with Crippen molar-refractivity contribution < 1.29 is 4.79 Å². The van der Waals surface area contributed by atoms with E-state index in [9.17, 15) is 4.79 Å². The van der Waals surface area contributed by atoms with Gasteiger partial charge in [0.2, 0.25) is 6.41 Å². The minimum atomic E-state index is 0.129. The van der Waals surface area contributed by atoms with Gasteiger partial charge in [0, 0.05) is 17.2 Å². The maximum Gasteiger partial charge on any atom is 0.210 e. The number of carbonyl (C=O) groups is 1. The van der Waals surface area contributed by atoms with E-state index in [0.717, 1.165) is 48.4 Å². The zero-order chi connectivity index (χ0) is 15.1. The molecule has 2 aromatic rings. The molecule has 2 aliphatic rings. The third kappa shape index (κ3) is 2.02. The molecule has 0 radical (unpaired) electrons. The van der Waals surface area contributed by atoms with Gasteiger partial charge in [0.25, 0.3) is 0 Å². The number of hydrogen-bond acceptors (Lipinski definition) is 3. The van der Waals surface area contributed by atoms with Crippen LogP contribution in [-0.4, -0.2) is 27.3 Å². The van der Waals surface area contributed by atoms with Crippen molar-refractivity contribution in [3.8, 4) is 11.3 Å². The van der Waals surface area contributed by atoms with Crippen LogP contribution < -0.4 is 0 Å². The third-order valence-electron chi connectivity index (χ3n) is 4.87. The van der Waals surface area contributed by atoms with Crippen LogP contribution in [0.5, 0.6) is 0 Å². The molecule has 0 aliphatic carbocycles. The highest BCUT2D eigenvalue weighted by Crippen LogP contribution is 2.42. The summed E-state index contributed by atoms with van der Waals surface area (Å²) >= 11 is 0. The fourth-order valence-electron chi connectivity index (χ4n) is 3.91. The number of benzene rings is 1. The normalized spacial score (nSPS) is 23.0. The van der Waals surface area contributed by atoms with Gasteiger partial charge in [0.1, 0.15) is 5.82 Å². The van der Waals surface area contributed by atoms with E-state index in [1.807, 2.05) is 30.0 Å². The van der Waals surface area contributed by atoms with E-state index in [-0.39, 0.29) is 6.04 Å². The molecule has 0 N–H and O–H groups in total. The second-order valence-electron chi connectivity index (χ2n) is 6.21. The van der Waals surface area contributed by atoms with E-state index in [1.54, 1.807) is 0 Å². The number of hydrogen-bond donors (Lipinski definition) is 0. The molecule has 3 heterocycles. The number of carbonyl (C=O) groups excluding carboxylic acids is 1. The molecule has 1 fully saturated rings. The van der Waals surface area contributed by atoms with Crippen LogP contribution >= 0.6 is 0 Å². The molecule has 2 atom stereocenters. The van der Waals surface area contributed by atoms with Gasteiger partial charge in [0.05, 0.1) is 17.4 Å². The molecule has 2 bridgehead atoms. The molecular formula is C18H19N3O. The molecule has 4 heteroatoms. The molecule has 0 saturated carbocycles. The predicted octanol–water partition coefficient (Wildman–Crippen LogP) is 3.06. The van der Waals surface area contributed by atoms with Crippen LogP contribution in [0.3, 0.4) is 0 Å². The second kappa shape index (κ2) is 5.20. The lowest BCUT2D eigenvalue weighted by molar-refractivity contribution is -0.125. The van der Waals surface area contributed by atoms with Crippen molar-refractivity contribution in [1.82, 2.24) is 14.9 Å². The van der Waals surface area contributed by atoms with Gasteiger partial charge in [-0.3, -0.25) is 4.79 Å². The van der Waals surface area contributed by atoms with Crippen molar-refractivity contribution in [2.75, 3.05) is 0 Å². The summed E-state index contributed by atoms with van der Waals surface area (Å²) in [5.74, 6) is 0.785. The van der Waals surface area contributed by atoms with E-state index in [4.69, 9.17) is 9.97 Å². The summed E-state index contributed by atoms with van der Waals surface area (Å²) in [5.41, 5.74) is 4.49. The van der Waals surface area contributed by atoms with Gasteiger partial charge >= 0.3 is 0 Å². The lowest BCUT2D eigenvalue weighted by Crippen LogP contribution is -2.46. The Morgan fingerprint density at radius 1 is 1.18 bits per heavy atom. The van der Waals surface area contributed by atoms with Crippen molar-refractivity contribution in [2.24, 2.45) is 0 Å². The van der Waals surface area contributed by atoms with Crippen molar-refractivity contribution in [2.45, 2.75) is 44.7 Å². The van der Waals surface area contributed by atoms with Crippen LogP contribution in [0.4, 0.5) is 0 Å². The summed E-state index contributed by atoms with van der Waals surface area (Å²) in [4.78, 5) is 22.9. The molecule has 22 heavy (non-hydrogen) atoms. The first-order valence-corrected chi connectivity index (χ1v) is 7.93. The topological polar surface area (TPSA) is 46.1 Å². The maximum absolute atomic E-state index is 11.5. The Morgan fingerprint density at radius 3 is 2.77 bits per heavy atom. The quantitative estimate of drug-likeness (QED) is 0.799. The second-order valence-corrected chi connectivity index (χ2v) is 6.21. The zero-order valence-corrected chi connectivity index (χ0v) is 12.7. The molecule has 0 spiro atoms. The minimum Gasteiger partial charge on any atom is -0.333 e. The molecule has 2 unspecified atom stereocenters. The van der Waals surface area contributed by atoms with Gasteiger partial charge in [-0.05, 0) is 32.6 Å². The first-order valence-electron chi connectivity index (χ1n) is 7.93. The number of fused-ring (bicyclic) bond motifs is 4. The average molecular weight is 293 g/mol. The summed E-state index contributed by atoms with van der Waals surface area (Å²) in [7, 11) is 0. The van der Waals surface area contributed by atoms with Crippen LogP contribution in [0.1, 0.15) is 42.4 Å². The lowest BCUT2D eigenvalue weighted by atomic mass is 9.81. The largest absolute Gasteiger partial charge is 0.333 e. The monoisotopic (exact) mass is 293 g/mol. The van der Waals surface area contributed by atoms with Crippen LogP contribution in [0.2, 0.25) is 0 Å². The highest BCUT2D eigenvalue weighted by molar-refractivity contribution is 5.66. The highest BCUT2D eigenvalue weighted by atomic mass is 16.1. The maximum atomic E-state index is 11.5. The Balaban J connectivity index is 1.91. The summed E-state index contributed by atoms with van der Waals surface area (Å²) < 4.78 is 0. The van der Waals surface area contributed by atoms with Gasteiger partial charge < -0.3 is 4.90 Å². The van der Waals surface area contributed by atoms with Gasteiger partial charge in [-0.1, -0.05) is 30.3 Å². The van der Waals surface area contributed by atoms with Crippen LogP contribution in [-0.2, 0) is 11.2 Å². The van der Waals surface area contributed by atoms with Gasteiger partial charge in [0.15, 0.2) is 0 Å². The van der Waals surface area contributed by atoms with Crippen molar-refractivity contribution in [1.29, 1.82) is 0 Å². The molecule has 1 aromatic carbocycles. The molecule has 112 valence electrons. The van der Waals surface area contributed by atoms with E-state index in [0.29, 0.717) is 6.04 Å². The average Bonchev–Trinajstić information content (AvgIpc) is 2.55. The molecule has 1 aromatic heterocycles. The number of nitrogens with zero attached hydrogens (tertiary/aromatic N) is 3. The van der Waals surface area contributed by atoms with Gasteiger partial charge in [-0.15, -0.1) is 0 Å². The Bertz CT molecular complexity index is 714. The van der Waals surface area contributed by atoms with E-state index in [2.05, 4.69) is 12.1 Å². The Labute approximate surface area is 130 Å². The Kier molecular flexibility index (Phi) is 3.17. The molecule has 4 rings (SSSR count). The number of aromatic nitrogens is 2. The highest BCUT2D eigenvalue weighted by Gasteiger charge is 2.39. The first-order chi connectivity index (χ1) is 10.8. The van der Waals surface area contributed by atoms with E-state index in [1.165, 1.54) is 12.0 Å². The Hall–Kier alpha value is -2.23. The smallest absolute Gasteiger partial charge is 0.210 e. The summed E-state index contributed by atoms with van der Waals surface area (Å²) in [6, 6.07) is 10.7. The number of rotatable bonds is 2. The van der Waals surface area contributed by atoms with Crippen molar-refractivity contribution >= 4 is 6.41 Å². The number of amides is 1. The van der Waals surface area contributed by atoms with Crippen LogP contribution in [0, 0.1) is 6.92 Å². The SMILES string of the molecule is Cc1nc(-c2ccccc2)c2c(n1)C1CCCC(C2)N1C=O. The zero-order valence-electron chi connectivity index (χ0n) is 12.7. The number of piperidine rings is 1. The molecule has 1 amide bonds. The fraction of sp³-hybridized carbons (Fsp3) is 0.389. The molecule has 2 aliphatic heterocycles. The Morgan fingerprint density at radius 2 is 2.00 bits per heavy atom. The fourth-order valence-corrected chi connectivity index (χ4v) is 3.91. The van der Waals surface area contributed by atoms with Crippen molar-refractivity contribution in [3.63, 3.8) is 0 Å². The standard InChI is InChI=1S/C18H19N3O/c1-12-19-17(13-6-3-2-4-7-13)15-10-14-8-5-9-16(18(15)20-12)21(14)11-22/h2-4,6-7,11,14,16H,5,8-10H2,1H3. The number of aryl methyl sites for hydroxylation is 1. The minimum absolute atomic E-state index is 0.129. The molecular weight excluding hydrogens is 274 g/mol. The summed E-state index contributed by atoms with van der Waals surface area (Å²) in [6.45, 7) is 1.94. The van der Waals surface area contributed by atoms with E-state index >= 15 is 0 Å². The van der Waals surface area contributed by atoms with Crippen LogP contribution in [0.15, 0.2) is 30.3 Å². The van der Waals surface area contributed by atoms with Crippen LogP contribution in [0.25, 0.3) is 11.3 Å². The summed E-state index contributed by atoms with van der Waals surface area (Å²) in [6.07, 6.45) is 5.14. The first kappa shape index (κ1) is 13.4. The lowest BCUT2D eigenvalue weighted by Gasteiger charge is -2.44. The molecule has 4 nitrogen and oxygen atoms in total. The van der Waals surface area contributed by atoms with Gasteiger partial charge in [-0.25, -0.2) is 9.97 Å². The van der Waals surface area contributed by atoms with E-state index < -0.39 is 0 Å². The predicted molar refractivity (Wildman–Crippen MR) is 84.2 cm³/mol. The third-order valence-corrected chi connectivity index (χ3v) is 4.87. The summed E-state index contributed by atoms with van der Waals surface area (Å²) in [5, 5.41) is 0.